The maximum absolute atomic E-state index is 6.41. The fraction of sp³-hybridized carbons (Fsp3) is 0.250. The van der Waals surface area contributed by atoms with Crippen LogP contribution in [0.2, 0.25) is 10.0 Å². The average molecular weight is 419 g/mol. The molecule has 0 spiro atoms. The predicted molar refractivity (Wildman–Crippen MR) is 115 cm³/mol. The molecule has 0 radical (unpaired) electrons. The average Bonchev–Trinajstić information content (AvgIpc) is 2.87. The summed E-state index contributed by atoms with van der Waals surface area (Å²) < 4.78 is 10.4. The van der Waals surface area contributed by atoms with Gasteiger partial charge in [-0.25, -0.2) is 4.99 Å². The van der Waals surface area contributed by atoms with Gasteiger partial charge >= 0.3 is 0 Å². The van der Waals surface area contributed by atoms with Gasteiger partial charge in [-0.1, -0.05) is 41.4 Å². The minimum absolute atomic E-state index is 0.300. The van der Waals surface area contributed by atoms with Crippen molar-refractivity contribution in [2.24, 2.45) is 15.1 Å². The van der Waals surface area contributed by atoms with E-state index in [1.54, 1.807) is 27.2 Å². The lowest BCUT2D eigenvalue weighted by Crippen LogP contribution is -2.28. The molecule has 0 saturated carbocycles. The van der Waals surface area contributed by atoms with Crippen LogP contribution in [0.4, 0.5) is 5.69 Å². The number of rotatable bonds is 5. The SMILES string of the molecule is COC(OC)/C(C)=N/NC1=Nc2ccc(Cl)cc2C(c2ccccc2Cl)=NC1. The van der Waals surface area contributed by atoms with E-state index in [2.05, 4.69) is 15.5 Å². The Kier molecular flexibility index (Phi) is 6.80. The van der Waals surface area contributed by atoms with Crippen molar-refractivity contribution in [3.05, 3.63) is 63.6 Å². The summed E-state index contributed by atoms with van der Waals surface area (Å²) in [6.07, 6.45) is -0.535. The van der Waals surface area contributed by atoms with Gasteiger partial charge in [0.2, 0.25) is 0 Å². The number of benzene rings is 2. The number of nitrogens with zero attached hydrogens (tertiary/aromatic N) is 3. The van der Waals surface area contributed by atoms with Crippen molar-refractivity contribution >= 4 is 46.1 Å². The molecule has 0 unspecified atom stereocenters. The molecule has 0 aliphatic carbocycles. The first-order valence-corrected chi connectivity index (χ1v) is 9.31. The molecule has 0 amide bonds. The number of nitrogens with one attached hydrogen (secondary N) is 1. The Balaban J connectivity index is 1.99. The van der Waals surface area contributed by atoms with Crippen LogP contribution < -0.4 is 5.43 Å². The Labute approximate surface area is 173 Å². The van der Waals surface area contributed by atoms with E-state index in [0.717, 1.165) is 22.5 Å². The maximum atomic E-state index is 6.41. The fourth-order valence-corrected chi connectivity index (χ4v) is 3.20. The van der Waals surface area contributed by atoms with E-state index in [9.17, 15) is 0 Å². The molecule has 146 valence electrons. The molecule has 0 aromatic heterocycles. The third-order valence-corrected chi connectivity index (χ3v) is 4.68. The van der Waals surface area contributed by atoms with Crippen LogP contribution in [0.15, 0.2) is 57.6 Å². The Morgan fingerprint density at radius 3 is 2.57 bits per heavy atom. The first-order chi connectivity index (χ1) is 13.5. The summed E-state index contributed by atoms with van der Waals surface area (Å²) in [6, 6.07) is 13.0. The molecule has 2 aromatic carbocycles. The molecule has 6 nitrogen and oxygen atoms in total. The van der Waals surface area contributed by atoms with E-state index in [4.69, 9.17) is 37.7 Å². The molecule has 0 bridgehead atoms. The highest BCUT2D eigenvalue weighted by atomic mass is 35.5. The standard InChI is InChI=1S/C20H20Cl2N4O2/c1-12(20(27-2)28-3)25-26-18-11-23-19(14-6-4-5-7-16(14)22)15-10-13(21)8-9-17(15)24-18/h4-10,20H,11H2,1-3H3,(H,24,26)/b25-12+. The summed E-state index contributed by atoms with van der Waals surface area (Å²) in [6.45, 7) is 2.10. The summed E-state index contributed by atoms with van der Waals surface area (Å²) in [5, 5.41) is 5.51. The number of aliphatic imine (C=N–C) groups is 2. The van der Waals surface area contributed by atoms with E-state index >= 15 is 0 Å². The predicted octanol–water partition coefficient (Wildman–Crippen LogP) is 4.46. The van der Waals surface area contributed by atoms with E-state index in [1.807, 2.05) is 36.4 Å². The number of halogens is 2. The Morgan fingerprint density at radius 2 is 1.86 bits per heavy atom. The molecule has 0 fully saturated rings. The quantitative estimate of drug-likeness (QED) is 0.442. The monoisotopic (exact) mass is 418 g/mol. The first kappa shape index (κ1) is 20.5. The summed E-state index contributed by atoms with van der Waals surface area (Å²) in [5.41, 5.74) is 6.68. The van der Waals surface area contributed by atoms with Crippen LogP contribution in [0, 0.1) is 0 Å². The highest BCUT2D eigenvalue weighted by molar-refractivity contribution is 6.36. The van der Waals surface area contributed by atoms with Gasteiger partial charge < -0.3 is 9.47 Å². The van der Waals surface area contributed by atoms with Gasteiger partial charge in [0.05, 0.1) is 23.7 Å². The lowest BCUT2D eigenvalue weighted by atomic mass is 10.0. The zero-order valence-corrected chi connectivity index (χ0v) is 17.3. The van der Waals surface area contributed by atoms with E-state index < -0.39 is 6.29 Å². The molecule has 28 heavy (non-hydrogen) atoms. The van der Waals surface area contributed by atoms with Crippen molar-refractivity contribution < 1.29 is 9.47 Å². The van der Waals surface area contributed by atoms with Gasteiger partial charge in [0.1, 0.15) is 5.84 Å². The van der Waals surface area contributed by atoms with Crippen LogP contribution >= 0.6 is 23.2 Å². The fourth-order valence-electron chi connectivity index (χ4n) is 2.80. The minimum atomic E-state index is -0.535. The number of amidine groups is 1. The van der Waals surface area contributed by atoms with Gasteiger partial charge in [0.15, 0.2) is 6.29 Å². The number of methoxy groups -OCH3 is 2. The molecule has 3 rings (SSSR count). The van der Waals surface area contributed by atoms with Gasteiger partial charge in [-0.2, -0.15) is 5.10 Å². The van der Waals surface area contributed by atoms with E-state index in [1.165, 1.54) is 0 Å². The van der Waals surface area contributed by atoms with E-state index in [0.29, 0.717) is 28.1 Å². The summed E-state index contributed by atoms with van der Waals surface area (Å²) in [5.74, 6) is 0.580. The van der Waals surface area contributed by atoms with Crippen LogP contribution in [0.3, 0.4) is 0 Å². The molecule has 2 aromatic rings. The van der Waals surface area contributed by atoms with Crippen LogP contribution in [-0.4, -0.2) is 44.3 Å². The molecule has 0 saturated heterocycles. The highest BCUT2D eigenvalue weighted by Gasteiger charge is 2.19. The molecular weight excluding hydrogens is 399 g/mol. The van der Waals surface area contributed by atoms with Crippen molar-refractivity contribution in [3.63, 3.8) is 0 Å². The molecular formula is C20H20Cl2N4O2. The summed E-state index contributed by atoms with van der Waals surface area (Å²) >= 11 is 12.6. The summed E-state index contributed by atoms with van der Waals surface area (Å²) in [7, 11) is 3.10. The van der Waals surface area contributed by atoms with Crippen molar-refractivity contribution in [1.82, 2.24) is 5.43 Å². The zero-order chi connectivity index (χ0) is 20.1. The van der Waals surface area contributed by atoms with Gasteiger partial charge in [-0.3, -0.25) is 10.4 Å². The number of hydrogen-bond acceptors (Lipinski definition) is 6. The largest absolute Gasteiger partial charge is 0.351 e. The lowest BCUT2D eigenvalue weighted by molar-refractivity contribution is -0.0525. The first-order valence-electron chi connectivity index (χ1n) is 8.56. The second kappa shape index (κ2) is 9.30. The Hall–Kier alpha value is -2.25. The maximum Gasteiger partial charge on any atom is 0.198 e. The lowest BCUT2D eigenvalue weighted by Gasteiger charge is -2.13. The number of hydrazone groups is 1. The van der Waals surface area contributed by atoms with Crippen molar-refractivity contribution in [2.45, 2.75) is 13.2 Å². The van der Waals surface area contributed by atoms with Gasteiger partial charge in [-0.05, 0) is 31.2 Å². The topological polar surface area (TPSA) is 67.6 Å². The van der Waals surface area contributed by atoms with Crippen LogP contribution in [0.25, 0.3) is 0 Å². The number of ether oxygens (including phenoxy) is 2. The van der Waals surface area contributed by atoms with Crippen LogP contribution in [0.1, 0.15) is 18.1 Å². The molecule has 1 N–H and O–H groups in total. The van der Waals surface area contributed by atoms with Crippen LogP contribution in [0.5, 0.6) is 0 Å². The third-order valence-electron chi connectivity index (χ3n) is 4.12. The van der Waals surface area contributed by atoms with Crippen LogP contribution in [-0.2, 0) is 9.47 Å². The van der Waals surface area contributed by atoms with Crippen molar-refractivity contribution in [3.8, 4) is 0 Å². The molecule has 1 aliphatic rings. The van der Waals surface area contributed by atoms with Gasteiger partial charge in [0, 0.05) is 35.4 Å². The number of hydrogen-bond donors (Lipinski definition) is 1. The third kappa shape index (κ3) is 4.59. The van der Waals surface area contributed by atoms with E-state index in [-0.39, 0.29) is 0 Å². The molecule has 1 aliphatic heterocycles. The van der Waals surface area contributed by atoms with Gasteiger partial charge in [-0.15, -0.1) is 0 Å². The second-order valence-electron chi connectivity index (χ2n) is 6.03. The van der Waals surface area contributed by atoms with Crippen molar-refractivity contribution in [1.29, 1.82) is 0 Å². The zero-order valence-electron chi connectivity index (χ0n) is 15.7. The second-order valence-corrected chi connectivity index (χ2v) is 6.88. The van der Waals surface area contributed by atoms with Crippen molar-refractivity contribution in [2.75, 3.05) is 20.8 Å². The van der Waals surface area contributed by atoms with Gasteiger partial charge in [0.25, 0.3) is 0 Å². The molecule has 1 heterocycles. The molecule has 8 heteroatoms. The molecule has 0 atom stereocenters. The summed E-state index contributed by atoms with van der Waals surface area (Å²) in [4.78, 5) is 9.40. The Bertz CT molecular complexity index is 953. The normalized spacial score (nSPS) is 14.3. The smallest absolute Gasteiger partial charge is 0.198 e. The highest BCUT2D eigenvalue weighted by Crippen LogP contribution is 2.30. The number of fused-ring (bicyclic) bond motifs is 1. The Morgan fingerprint density at radius 1 is 1.11 bits per heavy atom. The minimum Gasteiger partial charge on any atom is -0.351 e.